The Balaban J connectivity index is 3.21. The van der Waals surface area contributed by atoms with E-state index < -0.39 is 15.8 Å². The maximum Gasteiger partial charge on any atom is 0.243 e. The predicted molar refractivity (Wildman–Crippen MR) is 74.4 cm³/mol. The van der Waals surface area contributed by atoms with Crippen LogP contribution in [-0.4, -0.2) is 51.2 Å². The van der Waals surface area contributed by atoms with Gasteiger partial charge in [-0.15, -0.1) is 0 Å². The Kier molecular flexibility index (Phi) is 4.88. The van der Waals surface area contributed by atoms with Gasteiger partial charge in [0.2, 0.25) is 15.9 Å². The Morgan fingerprint density at radius 1 is 1.15 bits per heavy atom. The minimum Gasteiger partial charge on any atom is -0.348 e. The highest BCUT2D eigenvalue weighted by Crippen LogP contribution is 2.24. The Morgan fingerprint density at radius 3 is 2.00 bits per heavy atom. The number of aryl methyl sites for hydroxylation is 2. The number of benzene rings is 1. The molecule has 0 aliphatic heterocycles. The van der Waals surface area contributed by atoms with Crippen molar-refractivity contribution in [1.29, 1.82) is 0 Å². The molecule has 1 aromatic rings. The number of likely N-dealkylation sites (N-methyl/N-ethyl adjacent to an activating group) is 2. The Morgan fingerprint density at radius 2 is 1.60 bits per heavy atom. The summed E-state index contributed by atoms with van der Waals surface area (Å²) >= 11 is 0. The molecule has 0 atom stereocenters. The fourth-order valence-electron chi connectivity index (χ4n) is 1.88. The first-order valence-corrected chi connectivity index (χ1v) is 7.44. The molecule has 0 heterocycles. The summed E-state index contributed by atoms with van der Waals surface area (Å²) in [5.41, 5.74) is 0.651. The lowest BCUT2D eigenvalue weighted by molar-refractivity contribution is -0.128. The van der Waals surface area contributed by atoms with E-state index in [9.17, 15) is 17.6 Å². The summed E-state index contributed by atoms with van der Waals surface area (Å²) in [6, 6.07) is 2.34. The van der Waals surface area contributed by atoms with Gasteiger partial charge in [0.1, 0.15) is 5.82 Å². The second kappa shape index (κ2) is 5.88. The molecular formula is C13H19FN2O3S. The van der Waals surface area contributed by atoms with Crippen molar-refractivity contribution in [2.45, 2.75) is 18.7 Å². The van der Waals surface area contributed by atoms with Crippen LogP contribution in [-0.2, 0) is 14.8 Å². The monoisotopic (exact) mass is 302 g/mol. The molecule has 1 aromatic carbocycles. The van der Waals surface area contributed by atoms with Crippen molar-refractivity contribution in [1.82, 2.24) is 9.21 Å². The standard InChI is InChI=1S/C13H19FN2O3S/c1-9-6-11(14)7-10(2)13(9)20(18,19)16(5)8-12(17)15(3)4/h6-7H,8H2,1-5H3. The Hall–Kier alpha value is -1.47. The van der Waals surface area contributed by atoms with Crippen LogP contribution in [0.5, 0.6) is 0 Å². The van der Waals surface area contributed by atoms with E-state index in [1.165, 1.54) is 37.9 Å². The van der Waals surface area contributed by atoms with Crippen LogP contribution in [0.1, 0.15) is 11.1 Å². The van der Waals surface area contributed by atoms with Gasteiger partial charge < -0.3 is 4.90 Å². The average Bonchev–Trinajstić information content (AvgIpc) is 2.26. The summed E-state index contributed by atoms with van der Waals surface area (Å²) in [5, 5.41) is 0. The van der Waals surface area contributed by atoms with Crippen LogP contribution in [0.4, 0.5) is 4.39 Å². The third-order valence-electron chi connectivity index (χ3n) is 2.95. The number of amides is 1. The summed E-state index contributed by atoms with van der Waals surface area (Å²) in [6.07, 6.45) is 0. The number of hydrogen-bond donors (Lipinski definition) is 0. The van der Waals surface area contributed by atoms with Crippen LogP contribution < -0.4 is 0 Å². The fraction of sp³-hybridized carbons (Fsp3) is 0.462. The lowest BCUT2D eigenvalue weighted by Crippen LogP contribution is -2.38. The van der Waals surface area contributed by atoms with Crippen LogP contribution in [0.25, 0.3) is 0 Å². The van der Waals surface area contributed by atoms with Crippen molar-refractivity contribution in [2.75, 3.05) is 27.7 Å². The lowest BCUT2D eigenvalue weighted by atomic mass is 10.1. The van der Waals surface area contributed by atoms with Crippen LogP contribution in [0.2, 0.25) is 0 Å². The van der Waals surface area contributed by atoms with E-state index in [-0.39, 0.29) is 17.3 Å². The van der Waals surface area contributed by atoms with Gasteiger partial charge in [0.15, 0.2) is 0 Å². The van der Waals surface area contributed by atoms with E-state index in [2.05, 4.69) is 0 Å². The maximum absolute atomic E-state index is 13.2. The summed E-state index contributed by atoms with van der Waals surface area (Å²) < 4.78 is 39.2. The van der Waals surface area contributed by atoms with Gasteiger partial charge in [0, 0.05) is 21.1 Å². The molecule has 20 heavy (non-hydrogen) atoms. The highest BCUT2D eigenvalue weighted by molar-refractivity contribution is 7.89. The van der Waals surface area contributed by atoms with Crippen LogP contribution in [0.15, 0.2) is 17.0 Å². The van der Waals surface area contributed by atoms with Gasteiger partial charge in [0.25, 0.3) is 0 Å². The normalized spacial score (nSPS) is 11.8. The largest absolute Gasteiger partial charge is 0.348 e. The van der Waals surface area contributed by atoms with Gasteiger partial charge in [-0.1, -0.05) is 0 Å². The van der Waals surface area contributed by atoms with E-state index in [1.54, 1.807) is 14.1 Å². The first-order chi connectivity index (χ1) is 9.07. The minimum atomic E-state index is -3.83. The van der Waals surface area contributed by atoms with Crippen LogP contribution in [0.3, 0.4) is 0 Å². The molecule has 0 unspecified atom stereocenters. The second-order valence-electron chi connectivity index (χ2n) is 4.92. The van der Waals surface area contributed by atoms with Crippen molar-refractivity contribution in [3.63, 3.8) is 0 Å². The molecule has 0 radical (unpaired) electrons. The summed E-state index contributed by atoms with van der Waals surface area (Å²) in [5.74, 6) is -0.806. The van der Waals surface area contributed by atoms with Gasteiger partial charge in [-0.3, -0.25) is 4.79 Å². The molecule has 1 rings (SSSR count). The van der Waals surface area contributed by atoms with Gasteiger partial charge in [-0.25, -0.2) is 12.8 Å². The van der Waals surface area contributed by atoms with Crippen molar-refractivity contribution in [2.24, 2.45) is 0 Å². The first kappa shape index (κ1) is 16.6. The van der Waals surface area contributed by atoms with E-state index >= 15 is 0 Å². The second-order valence-corrected chi connectivity index (χ2v) is 6.90. The molecule has 7 heteroatoms. The molecule has 1 amide bonds. The molecule has 0 aromatic heterocycles. The van der Waals surface area contributed by atoms with E-state index in [1.807, 2.05) is 0 Å². The summed E-state index contributed by atoms with van der Waals surface area (Å²) in [4.78, 5) is 13.0. The van der Waals surface area contributed by atoms with Crippen molar-refractivity contribution in [3.8, 4) is 0 Å². The first-order valence-electron chi connectivity index (χ1n) is 6.00. The molecule has 0 saturated heterocycles. The number of carbonyl (C=O) groups is 1. The van der Waals surface area contributed by atoms with Gasteiger partial charge in [-0.05, 0) is 37.1 Å². The number of rotatable bonds is 4. The number of carbonyl (C=O) groups excluding carboxylic acids is 1. The maximum atomic E-state index is 13.2. The average molecular weight is 302 g/mol. The molecule has 0 bridgehead atoms. The zero-order chi connectivity index (χ0) is 15.7. The fourth-order valence-corrected chi connectivity index (χ4v) is 3.40. The van der Waals surface area contributed by atoms with E-state index in [4.69, 9.17) is 0 Å². The lowest BCUT2D eigenvalue weighted by Gasteiger charge is -2.21. The molecule has 0 fully saturated rings. The molecule has 0 saturated carbocycles. The molecule has 0 N–H and O–H groups in total. The molecule has 0 aliphatic rings. The number of nitrogens with zero attached hydrogens (tertiary/aromatic N) is 2. The van der Waals surface area contributed by atoms with Crippen LogP contribution in [0, 0.1) is 19.7 Å². The predicted octanol–water partition coefficient (Wildman–Crippen LogP) is 1.15. The van der Waals surface area contributed by atoms with Gasteiger partial charge in [0.05, 0.1) is 11.4 Å². The third kappa shape index (κ3) is 3.34. The number of halogens is 1. The topological polar surface area (TPSA) is 57.7 Å². The van der Waals surface area contributed by atoms with Crippen molar-refractivity contribution >= 4 is 15.9 Å². The van der Waals surface area contributed by atoms with Crippen LogP contribution >= 0.6 is 0 Å². The molecule has 5 nitrogen and oxygen atoms in total. The molecule has 0 aliphatic carbocycles. The molecule has 112 valence electrons. The highest BCUT2D eigenvalue weighted by Gasteiger charge is 2.27. The van der Waals surface area contributed by atoms with E-state index in [0.717, 1.165) is 4.31 Å². The Bertz CT molecular complexity index is 603. The highest BCUT2D eigenvalue weighted by atomic mass is 32.2. The number of sulfonamides is 1. The third-order valence-corrected chi connectivity index (χ3v) is 5.06. The van der Waals surface area contributed by atoms with Crippen molar-refractivity contribution < 1.29 is 17.6 Å². The molecule has 0 spiro atoms. The van der Waals surface area contributed by atoms with Gasteiger partial charge in [-0.2, -0.15) is 4.31 Å². The zero-order valence-corrected chi connectivity index (χ0v) is 13.1. The van der Waals surface area contributed by atoms with E-state index in [0.29, 0.717) is 11.1 Å². The summed E-state index contributed by atoms with van der Waals surface area (Å²) in [7, 11) is 0.611. The Labute approximate surface area is 119 Å². The smallest absolute Gasteiger partial charge is 0.243 e. The molecular weight excluding hydrogens is 283 g/mol. The minimum absolute atomic E-state index is 0.0490. The van der Waals surface area contributed by atoms with Crippen molar-refractivity contribution in [3.05, 3.63) is 29.1 Å². The van der Waals surface area contributed by atoms with Gasteiger partial charge >= 0.3 is 0 Å². The SMILES string of the molecule is Cc1cc(F)cc(C)c1S(=O)(=O)N(C)CC(=O)N(C)C. The zero-order valence-electron chi connectivity index (χ0n) is 12.3. The quantitative estimate of drug-likeness (QED) is 0.838. The number of hydrogen-bond acceptors (Lipinski definition) is 3. The summed E-state index contributed by atoms with van der Waals surface area (Å²) in [6.45, 7) is 2.81.